The first-order chi connectivity index (χ1) is 6.43. The summed E-state index contributed by atoms with van der Waals surface area (Å²) in [5.74, 6) is 0. The normalized spacial score (nSPS) is 25.5. The highest BCUT2D eigenvalue weighted by molar-refractivity contribution is 5.53. The van der Waals surface area contributed by atoms with E-state index in [1.54, 1.807) is 0 Å². The maximum absolute atomic E-state index is 5.78. The van der Waals surface area contributed by atoms with Crippen molar-refractivity contribution >= 4 is 5.69 Å². The second kappa shape index (κ2) is 2.74. The van der Waals surface area contributed by atoms with Gasteiger partial charge in [0.1, 0.15) is 0 Å². The summed E-state index contributed by atoms with van der Waals surface area (Å²) in [6, 6.07) is 8.55. The van der Waals surface area contributed by atoms with Crippen LogP contribution < -0.4 is 5.06 Å². The minimum atomic E-state index is 0.434. The Balaban J connectivity index is 2.06. The van der Waals surface area contributed by atoms with E-state index in [-0.39, 0.29) is 0 Å². The molecule has 1 saturated heterocycles. The zero-order valence-corrected chi connectivity index (χ0v) is 7.57. The monoisotopic (exact) mass is 175 g/mol. The van der Waals surface area contributed by atoms with E-state index in [1.807, 2.05) is 0 Å². The van der Waals surface area contributed by atoms with Crippen molar-refractivity contribution in [2.24, 2.45) is 0 Å². The van der Waals surface area contributed by atoms with Gasteiger partial charge in [0, 0.05) is 13.0 Å². The number of hydrogen-bond acceptors (Lipinski definition) is 2. The van der Waals surface area contributed by atoms with Crippen molar-refractivity contribution in [2.75, 3.05) is 11.6 Å². The van der Waals surface area contributed by atoms with Crippen molar-refractivity contribution in [1.82, 2.24) is 0 Å². The number of para-hydroxylation sites is 1. The number of hydroxylamine groups is 1. The Kier molecular flexibility index (Phi) is 1.56. The molecule has 1 aromatic rings. The first kappa shape index (κ1) is 7.39. The maximum atomic E-state index is 5.78. The highest BCUT2D eigenvalue weighted by Crippen LogP contribution is 2.32. The van der Waals surface area contributed by atoms with E-state index in [1.165, 1.54) is 24.1 Å². The number of rotatable bonds is 0. The molecule has 0 aliphatic carbocycles. The molecule has 0 saturated carbocycles. The van der Waals surface area contributed by atoms with Gasteiger partial charge in [-0.3, -0.25) is 9.90 Å². The van der Waals surface area contributed by atoms with Crippen molar-refractivity contribution in [3.05, 3.63) is 29.8 Å². The van der Waals surface area contributed by atoms with E-state index in [0.29, 0.717) is 6.10 Å². The number of fused-ring (bicyclic) bond motifs is 4. The quantitative estimate of drug-likeness (QED) is 0.599. The van der Waals surface area contributed by atoms with Crippen molar-refractivity contribution < 1.29 is 4.84 Å². The molecule has 2 aliphatic heterocycles. The van der Waals surface area contributed by atoms with E-state index >= 15 is 0 Å². The topological polar surface area (TPSA) is 12.5 Å². The van der Waals surface area contributed by atoms with E-state index in [2.05, 4.69) is 29.3 Å². The molecule has 1 fully saturated rings. The number of hydrogen-bond donors (Lipinski definition) is 0. The van der Waals surface area contributed by atoms with Gasteiger partial charge in [-0.05, 0) is 24.5 Å². The van der Waals surface area contributed by atoms with Crippen LogP contribution in [-0.4, -0.2) is 12.6 Å². The average Bonchev–Trinajstić information content (AvgIpc) is 2.18. The van der Waals surface area contributed by atoms with Crippen LogP contribution >= 0.6 is 0 Å². The Bertz CT molecular complexity index is 324. The predicted octanol–water partition coefficient (Wildman–Crippen LogP) is 2.14. The molecule has 2 heterocycles. The molecule has 68 valence electrons. The molecule has 2 bridgehead atoms. The van der Waals surface area contributed by atoms with Crippen LogP contribution in [0.2, 0.25) is 0 Å². The summed E-state index contributed by atoms with van der Waals surface area (Å²) >= 11 is 0. The van der Waals surface area contributed by atoms with Crippen LogP contribution in [0.3, 0.4) is 0 Å². The van der Waals surface area contributed by atoms with Crippen LogP contribution in [-0.2, 0) is 11.3 Å². The maximum Gasteiger partial charge on any atom is 0.0898 e. The van der Waals surface area contributed by atoms with Gasteiger partial charge in [-0.25, -0.2) is 0 Å². The van der Waals surface area contributed by atoms with Gasteiger partial charge in [-0.1, -0.05) is 18.2 Å². The van der Waals surface area contributed by atoms with Gasteiger partial charge in [0.2, 0.25) is 0 Å². The van der Waals surface area contributed by atoms with E-state index in [0.717, 1.165) is 13.0 Å². The lowest BCUT2D eigenvalue weighted by molar-refractivity contribution is -0.00796. The highest BCUT2D eigenvalue weighted by atomic mass is 16.7. The molecule has 1 atom stereocenters. The van der Waals surface area contributed by atoms with Gasteiger partial charge >= 0.3 is 0 Å². The first-order valence-electron chi connectivity index (χ1n) is 4.96. The molecule has 1 aromatic carbocycles. The van der Waals surface area contributed by atoms with Crippen LogP contribution in [0.1, 0.15) is 18.4 Å². The summed E-state index contributed by atoms with van der Waals surface area (Å²) in [5.41, 5.74) is 2.72. The van der Waals surface area contributed by atoms with Crippen LogP contribution in [0.15, 0.2) is 24.3 Å². The van der Waals surface area contributed by atoms with Crippen molar-refractivity contribution in [1.29, 1.82) is 0 Å². The Morgan fingerprint density at radius 2 is 2.23 bits per heavy atom. The third-order valence-electron chi connectivity index (χ3n) is 2.87. The molecule has 0 amide bonds. The standard InChI is InChI=1S/C11H13NO/c1-2-6-11-9(4-1)8-10-5-3-7-12(11)13-10/h1-2,4,6,10H,3,5,7-8H2. The molecule has 0 radical (unpaired) electrons. The lowest BCUT2D eigenvalue weighted by atomic mass is 9.98. The summed E-state index contributed by atoms with van der Waals surface area (Å²) < 4.78 is 0. The molecule has 2 heteroatoms. The molecule has 1 unspecified atom stereocenters. The molecule has 2 aliphatic rings. The molecular formula is C11H13NO. The summed E-state index contributed by atoms with van der Waals surface area (Å²) in [6.07, 6.45) is 4.00. The summed E-state index contributed by atoms with van der Waals surface area (Å²) in [6.45, 7) is 1.05. The Morgan fingerprint density at radius 1 is 1.31 bits per heavy atom. The predicted molar refractivity (Wildman–Crippen MR) is 51.6 cm³/mol. The Labute approximate surface area is 78.1 Å². The zero-order chi connectivity index (χ0) is 8.67. The second-order valence-electron chi connectivity index (χ2n) is 3.80. The fourth-order valence-electron chi connectivity index (χ4n) is 2.24. The molecule has 13 heavy (non-hydrogen) atoms. The fourth-order valence-corrected chi connectivity index (χ4v) is 2.24. The molecule has 2 nitrogen and oxygen atoms in total. The Hall–Kier alpha value is -1.02. The number of anilines is 1. The highest BCUT2D eigenvalue weighted by Gasteiger charge is 2.28. The van der Waals surface area contributed by atoms with E-state index in [9.17, 15) is 0 Å². The minimum Gasteiger partial charge on any atom is -0.270 e. The van der Waals surface area contributed by atoms with Crippen molar-refractivity contribution in [3.63, 3.8) is 0 Å². The molecule has 0 spiro atoms. The average molecular weight is 175 g/mol. The number of nitrogens with zero attached hydrogens (tertiary/aromatic N) is 1. The van der Waals surface area contributed by atoms with Crippen molar-refractivity contribution in [3.8, 4) is 0 Å². The van der Waals surface area contributed by atoms with Gasteiger partial charge in [0.15, 0.2) is 0 Å². The first-order valence-corrected chi connectivity index (χ1v) is 4.96. The van der Waals surface area contributed by atoms with Gasteiger partial charge in [-0.15, -0.1) is 0 Å². The van der Waals surface area contributed by atoms with Crippen LogP contribution in [0.5, 0.6) is 0 Å². The summed E-state index contributed by atoms with van der Waals surface area (Å²) in [7, 11) is 0. The number of benzene rings is 1. The zero-order valence-electron chi connectivity index (χ0n) is 7.57. The summed E-state index contributed by atoms with van der Waals surface area (Å²) in [4.78, 5) is 5.78. The fraction of sp³-hybridized carbons (Fsp3) is 0.455. The third kappa shape index (κ3) is 1.13. The van der Waals surface area contributed by atoms with Crippen molar-refractivity contribution in [2.45, 2.75) is 25.4 Å². The van der Waals surface area contributed by atoms with E-state index in [4.69, 9.17) is 4.84 Å². The van der Waals surface area contributed by atoms with Crippen LogP contribution in [0.25, 0.3) is 0 Å². The molecule has 0 aromatic heterocycles. The Morgan fingerprint density at radius 3 is 3.23 bits per heavy atom. The van der Waals surface area contributed by atoms with Gasteiger partial charge in [-0.2, -0.15) is 0 Å². The van der Waals surface area contributed by atoms with Gasteiger partial charge < -0.3 is 0 Å². The molecular weight excluding hydrogens is 162 g/mol. The van der Waals surface area contributed by atoms with E-state index < -0.39 is 0 Å². The SMILES string of the molecule is c1ccc2c(c1)CC1CCCN2O1. The largest absolute Gasteiger partial charge is 0.270 e. The molecule has 0 N–H and O–H groups in total. The second-order valence-corrected chi connectivity index (χ2v) is 3.80. The lowest BCUT2D eigenvalue weighted by Gasteiger charge is -2.39. The van der Waals surface area contributed by atoms with Crippen LogP contribution in [0, 0.1) is 0 Å². The summed E-state index contributed by atoms with van der Waals surface area (Å²) in [5, 5.41) is 2.06. The lowest BCUT2D eigenvalue weighted by Crippen LogP contribution is -2.41. The van der Waals surface area contributed by atoms with Gasteiger partial charge in [0.05, 0.1) is 11.8 Å². The van der Waals surface area contributed by atoms with Gasteiger partial charge in [0.25, 0.3) is 0 Å². The molecule has 3 rings (SSSR count). The van der Waals surface area contributed by atoms with Crippen LogP contribution in [0.4, 0.5) is 5.69 Å². The third-order valence-corrected chi connectivity index (χ3v) is 2.87. The smallest absolute Gasteiger partial charge is 0.0898 e. The minimum absolute atomic E-state index is 0.434.